The highest BCUT2D eigenvalue weighted by atomic mass is 79.9. The number of methoxy groups -OCH3 is 1. The second-order valence-electron chi connectivity index (χ2n) is 13.8. The molecule has 0 radical (unpaired) electrons. The number of carbonyl (C=O) groups excluding carboxylic acids is 4. The first kappa shape index (κ1) is 37.8. The number of nitrogens with one attached hydrogen (secondary N) is 1. The molecule has 1 spiro atoms. The number of nitrogens with zero attached hydrogens (tertiary/aromatic N) is 2. The normalized spacial score (nSPS) is 27.9. The van der Waals surface area contributed by atoms with Crippen molar-refractivity contribution in [2.24, 2.45) is 11.8 Å². The Labute approximate surface area is 292 Å². The molecule has 3 amide bonds. The van der Waals surface area contributed by atoms with E-state index in [9.17, 15) is 24.3 Å². The van der Waals surface area contributed by atoms with Crippen molar-refractivity contribution in [3.8, 4) is 0 Å². The fourth-order valence-corrected chi connectivity index (χ4v) is 8.46. The van der Waals surface area contributed by atoms with Crippen LogP contribution in [-0.2, 0) is 33.4 Å². The molecule has 0 saturated carbocycles. The molecular formula is C36H50BrN3O8. The summed E-state index contributed by atoms with van der Waals surface area (Å²) in [5.74, 6) is -3.76. The molecule has 0 aliphatic carbocycles. The van der Waals surface area contributed by atoms with Crippen LogP contribution >= 0.6 is 15.9 Å². The zero-order chi connectivity index (χ0) is 35.4. The van der Waals surface area contributed by atoms with E-state index in [1.807, 2.05) is 45.9 Å². The van der Waals surface area contributed by atoms with E-state index in [-0.39, 0.29) is 42.8 Å². The first-order valence-corrected chi connectivity index (χ1v) is 17.5. The van der Waals surface area contributed by atoms with E-state index < -0.39 is 65.2 Å². The molecule has 1 aromatic carbocycles. The van der Waals surface area contributed by atoms with Crippen molar-refractivity contribution in [2.75, 3.05) is 26.9 Å². The predicted octanol–water partition coefficient (Wildman–Crippen LogP) is 3.70. The Morgan fingerprint density at radius 3 is 2.48 bits per heavy atom. The monoisotopic (exact) mass is 731 g/mol. The zero-order valence-electron chi connectivity index (χ0n) is 28.6. The highest BCUT2D eigenvalue weighted by Crippen LogP contribution is 2.61. The largest absolute Gasteiger partial charge is 0.455 e. The van der Waals surface area contributed by atoms with Crippen molar-refractivity contribution >= 4 is 39.6 Å². The number of rotatable bonds is 16. The van der Waals surface area contributed by atoms with Crippen LogP contribution < -0.4 is 5.32 Å². The Morgan fingerprint density at radius 1 is 1.23 bits per heavy atom. The van der Waals surface area contributed by atoms with E-state index >= 15 is 0 Å². The summed E-state index contributed by atoms with van der Waals surface area (Å²) in [5, 5.41) is 13.4. The fourth-order valence-electron chi connectivity index (χ4n) is 7.52. The molecule has 1 aromatic rings. The second-order valence-corrected chi connectivity index (χ2v) is 15.0. The summed E-state index contributed by atoms with van der Waals surface area (Å²) in [6.45, 7) is 15.0. The third-order valence-electron chi connectivity index (χ3n) is 9.70. The summed E-state index contributed by atoms with van der Waals surface area (Å²) in [6, 6.07) is 6.56. The molecule has 2 bridgehead atoms. The minimum Gasteiger partial charge on any atom is -0.455 e. The van der Waals surface area contributed by atoms with Crippen LogP contribution in [-0.4, -0.2) is 106 Å². The molecule has 3 aliphatic rings. The maximum Gasteiger partial charge on any atom is 0.313 e. The number of alkyl halides is 1. The van der Waals surface area contributed by atoms with E-state index in [1.165, 1.54) is 12.0 Å². The SMILES string of the molecule is C=CCCC(=O)N[C@H](COC)[C@H](OC(=O)[C@H]1[C@@H]2O[C@@]3(CC2Br)[C@@H]1C(=O)N([C@@H](CC)CO)[C@@H]3C(=O)N(CC=C)C(C)(C)C)c1ccccc1. The number of ether oxygens (including phenoxy) is 3. The van der Waals surface area contributed by atoms with Gasteiger partial charge in [0.2, 0.25) is 17.7 Å². The van der Waals surface area contributed by atoms with Gasteiger partial charge in [-0.15, -0.1) is 13.2 Å². The minimum absolute atomic E-state index is 0.0512. The van der Waals surface area contributed by atoms with Gasteiger partial charge in [-0.3, -0.25) is 19.2 Å². The Bertz CT molecular complexity index is 1350. The topological polar surface area (TPSA) is 135 Å². The van der Waals surface area contributed by atoms with Gasteiger partial charge >= 0.3 is 5.97 Å². The van der Waals surface area contributed by atoms with Crippen LogP contribution in [0.2, 0.25) is 0 Å². The number of hydrogen-bond acceptors (Lipinski definition) is 8. The molecule has 48 heavy (non-hydrogen) atoms. The van der Waals surface area contributed by atoms with E-state index in [0.717, 1.165) is 0 Å². The van der Waals surface area contributed by atoms with Gasteiger partial charge < -0.3 is 34.4 Å². The highest BCUT2D eigenvalue weighted by Gasteiger charge is 2.77. The maximum absolute atomic E-state index is 14.6. The first-order chi connectivity index (χ1) is 22.8. The maximum atomic E-state index is 14.6. The van der Waals surface area contributed by atoms with Crippen LogP contribution in [0.4, 0.5) is 0 Å². The van der Waals surface area contributed by atoms with Crippen molar-refractivity contribution in [3.63, 3.8) is 0 Å². The van der Waals surface area contributed by atoms with Crippen molar-refractivity contribution in [2.45, 2.75) is 99.7 Å². The molecule has 3 aliphatic heterocycles. The second kappa shape index (κ2) is 15.7. The number of halogens is 1. The first-order valence-electron chi connectivity index (χ1n) is 16.6. The number of allylic oxidation sites excluding steroid dienone is 1. The average molecular weight is 733 g/mol. The Morgan fingerprint density at radius 2 is 1.92 bits per heavy atom. The van der Waals surface area contributed by atoms with E-state index in [0.29, 0.717) is 24.8 Å². The fraction of sp³-hybridized carbons (Fsp3) is 0.611. The van der Waals surface area contributed by atoms with Gasteiger partial charge in [0.1, 0.15) is 17.7 Å². The lowest BCUT2D eigenvalue weighted by molar-refractivity contribution is -0.163. The minimum atomic E-state index is -1.34. The molecule has 11 nitrogen and oxygen atoms in total. The molecule has 3 fully saturated rings. The van der Waals surface area contributed by atoms with Gasteiger partial charge in [0.15, 0.2) is 0 Å². The predicted molar refractivity (Wildman–Crippen MR) is 184 cm³/mol. The molecule has 9 atom stereocenters. The lowest BCUT2D eigenvalue weighted by Crippen LogP contribution is -2.61. The van der Waals surface area contributed by atoms with Gasteiger partial charge in [-0.2, -0.15) is 0 Å². The third-order valence-corrected chi connectivity index (χ3v) is 10.5. The molecule has 3 heterocycles. The van der Waals surface area contributed by atoms with Gasteiger partial charge in [0.05, 0.1) is 43.2 Å². The highest BCUT2D eigenvalue weighted by molar-refractivity contribution is 9.09. The van der Waals surface area contributed by atoms with Gasteiger partial charge in [0.25, 0.3) is 0 Å². The van der Waals surface area contributed by atoms with E-state index in [4.69, 9.17) is 14.2 Å². The average Bonchev–Trinajstić information content (AvgIpc) is 3.65. The van der Waals surface area contributed by atoms with Crippen LogP contribution in [0.15, 0.2) is 55.6 Å². The lowest BCUT2D eigenvalue weighted by Gasteiger charge is -2.43. The summed E-state index contributed by atoms with van der Waals surface area (Å²) in [4.78, 5) is 59.3. The summed E-state index contributed by atoms with van der Waals surface area (Å²) in [5.41, 5.74) is -1.32. The van der Waals surface area contributed by atoms with Gasteiger partial charge in [-0.1, -0.05) is 65.3 Å². The van der Waals surface area contributed by atoms with Crippen LogP contribution in [0.3, 0.4) is 0 Å². The number of benzene rings is 1. The lowest BCUT2D eigenvalue weighted by atomic mass is 9.70. The number of aliphatic hydroxyl groups is 1. The van der Waals surface area contributed by atoms with Gasteiger partial charge in [-0.25, -0.2) is 0 Å². The molecule has 0 aromatic heterocycles. The van der Waals surface area contributed by atoms with Crippen LogP contribution in [0.25, 0.3) is 0 Å². The van der Waals surface area contributed by atoms with Gasteiger partial charge in [-0.05, 0) is 45.6 Å². The number of carbonyl (C=O) groups is 4. The molecule has 2 N–H and O–H groups in total. The smallest absolute Gasteiger partial charge is 0.313 e. The molecular weight excluding hydrogens is 682 g/mol. The summed E-state index contributed by atoms with van der Waals surface area (Å²) in [6.07, 6.45) is 2.97. The molecule has 264 valence electrons. The number of amides is 3. The number of aliphatic hydroxyl groups excluding tert-OH is 1. The quantitative estimate of drug-likeness (QED) is 0.149. The summed E-state index contributed by atoms with van der Waals surface area (Å²) in [7, 11) is 1.50. The van der Waals surface area contributed by atoms with Crippen LogP contribution in [0.5, 0.6) is 0 Å². The number of fused-ring (bicyclic) bond motifs is 1. The number of likely N-dealkylation sites (tertiary alicyclic amines) is 1. The standard InChI is InChI=1S/C36H50BrN3O8/c1-8-11-17-26(42)38-25(21-46-7)29(22-15-13-12-14-16-22)47-34(45)27-28-32(43)40(23(10-3)20-41)31(36(28)19-24(37)30(27)48-36)33(44)39(18-9-2)35(4,5)6/h8-9,12-16,23-25,27-31,41H,1-2,10-11,17-21H2,3-7H3,(H,38,42)/t23-,24?,25+,27+,28-,29+,30+,31+,36-/m0/s1. The van der Waals surface area contributed by atoms with Crippen LogP contribution in [0, 0.1) is 11.8 Å². The van der Waals surface area contributed by atoms with Crippen molar-refractivity contribution in [1.29, 1.82) is 0 Å². The van der Waals surface area contributed by atoms with Crippen molar-refractivity contribution in [3.05, 3.63) is 61.2 Å². The van der Waals surface area contributed by atoms with Crippen molar-refractivity contribution in [1.82, 2.24) is 15.1 Å². The molecule has 3 saturated heterocycles. The zero-order valence-corrected chi connectivity index (χ0v) is 30.2. The summed E-state index contributed by atoms with van der Waals surface area (Å²) >= 11 is 3.71. The molecule has 4 rings (SSSR count). The van der Waals surface area contributed by atoms with Crippen molar-refractivity contribution < 1.29 is 38.5 Å². The summed E-state index contributed by atoms with van der Waals surface area (Å²) < 4.78 is 18.4. The van der Waals surface area contributed by atoms with E-state index in [1.54, 1.807) is 29.2 Å². The Hall–Kier alpha value is -3.06. The molecule has 12 heteroatoms. The van der Waals surface area contributed by atoms with Gasteiger partial charge in [0, 0.05) is 30.4 Å². The number of esters is 1. The third kappa shape index (κ3) is 7.13. The van der Waals surface area contributed by atoms with Crippen LogP contribution in [0.1, 0.15) is 65.0 Å². The Kier molecular flexibility index (Phi) is 12.3. The Balaban J connectivity index is 1.76. The molecule has 1 unspecified atom stereocenters. The van der Waals surface area contributed by atoms with E-state index in [2.05, 4.69) is 34.4 Å². The number of hydrogen-bond donors (Lipinski definition) is 2.